The highest BCUT2D eigenvalue weighted by molar-refractivity contribution is 7.11. The van der Waals surface area contributed by atoms with Gasteiger partial charge in [0.25, 0.3) is 0 Å². The van der Waals surface area contributed by atoms with Crippen molar-refractivity contribution < 1.29 is 4.74 Å². The summed E-state index contributed by atoms with van der Waals surface area (Å²) in [5.41, 5.74) is 1.15. The van der Waals surface area contributed by atoms with E-state index in [4.69, 9.17) is 4.74 Å². The molecule has 3 nitrogen and oxygen atoms in total. The van der Waals surface area contributed by atoms with Crippen LogP contribution in [0.1, 0.15) is 28.9 Å². The Morgan fingerprint density at radius 2 is 2.12 bits per heavy atom. The van der Waals surface area contributed by atoms with Gasteiger partial charge in [-0.05, 0) is 27.3 Å². The Labute approximate surface area is 102 Å². The van der Waals surface area contributed by atoms with Gasteiger partial charge in [0.05, 0.1) is 16.8 Å². The van der Waals surface area contributed by atoms with Crippen LogP contribution in [0.25, 0.3) is 0 Å². The molecule has 16 heavy (non-hydrogen) atoms. The van der Waals surface area contributed by atoms with Crippen molar-refractivity contribution in [1.82, 2.24) is 10.3 Å². The molecule has 4 heteroatoms. The van der Waals surface area contributed by atoms with Gasteiger partial charge in [0.2, 0.25) is 0 Å². The third-order valence-corrected chi connectivity index (χ3v) is 4.09. The first kappa shape index (κ1) is 13.6. The van der Waals surface area contributed by atoms with Crippen molar-refractivity contribution >= 4 is 11.3 Å². The van der Waals surface area contributed by atoms with Crippen molar-refractivity contribution in [1.29, 1.82) is 0 Å². The average molecular weight is 242 g/mol. The normalized spacial score (nSPS) is 15.1. The lowest BCUT2D eigenvalue weighted by Crippen LogP contribution is -2.40. The van der Waals surface area contributed by atoms with Crippen LogP contribution < -0.4 is 5.32 Å². The number of methoxy groups -OCH3 is 1. The first-order chi connectivity index (χ1) is 7.62. The molecule has 0 aliphatic rings. The second-order valence-corrected chi connectivity index (χ2v) is 5.32. The molecule has 0 aliphatic heterocycles. The Kier molecular flexibility index (Phi) is 5.38. The molecule has 0 spiro atoms. The topological polar surface area (TPSA) is 34.1 Å². The second-order valence-electron chi connectivity index (χ2n) is 4.03. The van der Waals surface area contributed by atoms with Gasteiger partial charge in [-0.3, -0.25) is 0 Å². The lowest BCUT2D eigenvalue weighted by atomic mass is 10.1. The van der Waals surface area contributed by atoms with Gasteiger partial charge in [-0.25, -0.2) is 4.98 Å². The van der Waals surface area contributed by atoms with Crippen LogP contribution in [0.3, 0.4) is 0 Å². The predicted octanol–water partition coefficient (Wildman–Crippen LogP) is 2.32. The Hall–Kier alpha value is -0.450. The number of hydrogen-bond donors (Lipinski definition) is 1. The first-order valence-corrected chi connectivity index (χ1v) is 6.57. The van der Waals surface area contributed by atoms with E-state index in [9.17, 15) is 0 Å². The number of hydrogen-bond acceptors (Lipinski definition) is 4. The quantitative estimate of drug-likeness (QED) is 0.831. The number of rotatable bonds is 6. The van der Waals surface area contributed by atoms with Crippen molar-refractivity contribution in [2.45, 2.75) is 45.8 Å². The van der Waals surface area contributed by atoms with Crippen molar-refractivity contribution in [2.24, 2.45) is 0 Å². The van der Waals surface area contributed by atoms with Gasteiger partial charge in [-0.1, -0.05) is 6.92 Å². The molecule has 0 bridgehead atoms. The summed E-state index contributed by atoms with van der Waals surface area (Å²) in [5, 5.41) is 4.52. The lowest BCUT2D eigenvalue weighted by Gasteiger charge is -2.23. The minimum absolute atomic E-state index is 0.259. The highest BCUT2D eigenvalue weighted by Gasteiger charge is 2.19. The fourth-order valence-corrected chi connectivity index (χ4v) is 2.84. The molecular formula is C12H22N2OS. The summed E-state index contributed by atoms with van der Waals surface area (Å²) in [6.07, 6.45) is 2.22. The van der Waals surface area contributed by atoms with E-state index in [-0.39, 0.29) is 6.10 Å². The van der Waals surface area contributed by atoms with Crippen molar-refractivity contribution in [3.8, 4) is 0 Å². The Morgan fingerprint density at radius 1 is 1.44 bits per heavy atom. The molecule has 2 unspecified atom stereocenters. The van der Waals surface area contributed by atoms with Gasteiger partial charge in [0, 0.05) is 24.4 Å². The maximum absolute atomic E-state index is 5.48. The number of aryl methyl sites for hydroxylation is 2. The fourth-order valence-electron chi connectivity index (χ4n) is 1.85. The zero-order valence-corrected chi connectivity index (χ0v) is 11.6. The van der Waals surface area contributed by atoms with Gasteiger partial charge in [0.1, 0.15) is 0 Å². The molecule has 0 fully saturated rings. The number of thiazole rings is 1. The van der Waals surface area contributed by atoms with Gasteiger partial charge in [-0.15, -0.1) is 11.3 Å². The van der Waals surface area contributed by atoms with E-state index < -0.39 is 0 Å². The van der Waals surface area contributed by atoms with Crippen molar-refractivity contribution in [3.63, 3.8) is 0 Å². The highest BCUT2D eigenvalue weighted by Crippen LogP contribution is 2.19. The summed E-state index contributed by atoms with van der Waals surface area (Å²) < 4.78 is 5.48. The van der Waals surface area contributed by atoms with E-state index in [0.29, 0.717) is 6.04 Å². The van der Waals surface area contributed by atoms with Crippen LogP contribution in [0, 0.1) is 13.8 Å². The number of nitrogens with zero attached hydrogens (tertiary/aromatic N) is 1. The number of likely N-dealkylation sites (N-methyl/N-ethyl adjacent to an activating group) is 1. The Balaban J connectivity index is 2.69. The van der Waals surface area contributed by atoms with Crippen LogP contribution in [0.4, 0.5) is 0 Å². The zero-order valence-electron chi connectivity index (χ0n) is 10.8. The molecule has 0 amide bonds. The number of ether oxygens (including phenoxy) is 1. The summed E-state index contributed by atoms with van der Waals surface area (Å²) in [4.78, 5) is 5.89. The smallest absolute Gasteiger partial charge is 0.0947 e. The molecule has 1 N–H and O–H groups in total. The summed E-state index contributed by atoms with van der Waals surface area (Å²) in [6.45, 7) is 6.34. The van der Waals surface area contributed by atoms with Crippen LogP contribution in [-0.4, -0.2) is 31.3 Å². The van der Waals surface area contributed by atoms with E-state index in [0.717, 1.165) is 18.5 Å². The van der Waals surface area contributed by atoms with E-state index in [1.165, 1.54) is 9.88 Å². The molecular weight excluding hydrogens is 220 g/mol. The van der Waals surface area contributed by atoms with Crippen molar-refractivity contribution in [2.75, 3.05) is 14.2 Å². The summed E-state index contributed by atoms with van der Waals surface area (Å²) in [7, 11) is 3.76. The van der Waals surface area contributed by atoms with Crippen LogP contribution >= 0.6 is 11.3 Å². The SMILES string of the molecule is CCC(OC)C(Cc1nc(C)c(C)s1)NC. The second kappa shape index (κ2) is 6.33. The molecule has 0 saturated carbocycles. The van der Waals surface area contributed by atoms with Crippen LogP contribution in [0.5, 0.6) is 0 Å². The Bertz CT molecular complexity index is 301. The summed E-state index contributed by atoms with van der Waals surface area (Å²) in [6, 6.07) is 0.347. The highest BCUT2D eigenvalue weighted by atomic mass is 32.1. The third kappa shape index (κ3) is 3.27. The van der Waals surface area contributed by atoms with E-state index in [1.807, 2.05) is 7.05 Å². The number of nitrogens with one attached hydrogen (secondary N) is 1. The maximum Gasteiger partial charge on any atom is 0.0947 e. The lowest BCUT2D eigenvalue weighted by molar-refractivity contribution is 0.0678. The molecule has 0 aromatic carbocycles. The summed E-state index contributed by atoms with van der Waals surface area (Å²) in [5.74, 6) is 0. The molecule has 2 atom stereocenters. The molecule has 0 saturated heterocycles. The predicted molar refractivity (Wildman–Crippen MR) is 69.2 cm³/mol. The van der Waals surface area contributed by atoms with E-state index >= 15 is 0 Å². The molecule has 1 aromatic rings. The third-order valence-electron chi connectivity index (χ3n) is 2.99. The van der Waals surface area contributed by atoms with Crippen molar-refractivity contribution in [3.05, 3.63) is 15.6 Å². The fraction of sp³-hybridized carbons (Fsp3) is 0.750. The van der Waals surface area contributed by atoms with Crippen LogP contribution in [0.2, 0.25) is 0 Å². The largest absolute Gasteiger partial charge is 0.380 e. The molecule has 0 radical (unpaired) electrons. The summed E-state index contributed by atoms with van der Waals surface area (Å²) >= 11 is 1.79. The van der Waals surface area contributed by atoms with E-state index in [2.05, 4.69) is 31.1 Å². The molecule has 1 heterocycles. The van der Waals surface area contributed by atoms with Gasteiger partial charge < -0.3 is 10.1 Å². The number of aromatic nitrogens is 1. The van der Waals surface area contributed by atoms with Crippen LogP contribution in [0.15, 0.2) is 0 Å². The molecule has 92 valence electrons. The maximum atomic E-state index is 5.48. The van der Waals surface area contributed by atoms with Crippen LogP contribution in [-0.2, 0) is 11.2 Å². The standard InChI is InChI=1S/C12H22N2OS/c1-6-11(15-5)10(13-4)7-12-14-8(2)9(3)16-12/h10-11,13H,6-7H2,1-5H3. The van der Waals surface area contributed by atoms with Gasteiger partial charge in [-0.2, -0.15) is 0 Å². The minimum atomic E-state index is 0.259. The average Bonchev–Trinajstić information content (AvgIpc) is 2.58. The molecule has 1 rings (SSSR count). The Morgan fingerprint density at radius 3 is 2.50 bits per heavy atom. The molecule has 0 aliphatic carbocycles. The zero-order chi connectivity index (χ0) is 12.1. The monoisotopic (exact) mass is 242 g/mol. The minimum Gasteiger partial charge on any atom is -0.380 e. The van der Waals surface area contributed by atoms with Gasteiger partial charge >= 0.3 is 0 Å². The molecule has 1 aromatic heterocycles. The van der Waals surface area contributed by atoms with E-state index in [1.54, 1.807) is 18.4 Å². The van der Waals surface area contributed by atoms with Gasteiger partial charge in [0.15, 0.2) is 0 Å². The first-order valence-electron chi connectivity index (χ1n) is 5.75.